The standard InChI is InChI=1S/C38H74NO8P/c1-3-5-7-9-11-13-15-16-17-18-19-21-23-25-27-29-31-38(41)47-36(35-46-48(42,43)45-33-32-39)34-44-37(40)30-28-26-24-22-20-14-12-10-8-6-4-2/h10,12,36H,3-9,11,13-35,39H2,1-2H3,(H,42,43)/b12-10-/t36-/m1/s1. The molecule has 0 fully saturated rings. The van der Waals surface area contributed by atoms with Gasteiger partial charge in [0.25, 0.3) is 0 Å². The molecular formula is C38H74NO8P. The van der Waals surface area contributed by atoms with Crippen molar-refractivity contribution in [2.45, 2.75) is 193 Å². The van der Waals surface area contributed by atoms with E-state index in [1.807, 2.05) is 0 Å². The molecule has 0 aliphatic rings. The average molecular weight is 704 g/mol. The third kappa shape index (κ3) is 34.6. The lowest BCUT2D eigenvalue weighted by molar-refractivity contribution is -0.161. The van der Waals surface area contributed by atoms with Crippen molar-refractivity contribution in [3.8, 4) is 0 Å². The van der Waals surface area contributed by atoms with Crippen LogP contribution < -0.4 is 5.73 Å². The maximum atomic E-state index is 12.5. The summed E-state index contributed by atoms with van der Waals surface area (Å²) in [5.41, 5.74) is 5.33. The van der Waals surface area contributed by atoms with Crippen LogP contribution in [0.1, 0.15) is 187 Å². The van der Waals surface area contributed by atoms with Crippen molar-refractivity contribution in [2.24, 2.45) is 5.73 Å². The number of hydrogen-bond acceptors (Lipinski definition) is 8. The molecule has 10 heteroatoms. The van der Waals surface area contributed by atoms with Crippen LogP contribution in [0.4, 0.5) is 0 Å². The fourth-order valence-corrected chi connectivity index (χ4v) is 6.20. The van der Waals surface area contributed by atoms with E-state index in [0.29, 0.717) is 6.42 Å². The van der Waals surface area contributed by atoms with Crippen molar-refractivity contribution in [3.63, 3.8) is 0 Å². The predicted octanol–water partition coefficient (Wildman–Crippen LogP) is 10.7. The zero-order chi connectivity index (χ0) is 35.4. The molecule has 0 aromatic rings. The molecule has 0 aromatic carbocycles. The Hall–Kier alpha value is -1.25. The summed E-state index contributed by atoms with van der Waals surface area (Å²) < 4.78 is 32.6. The van der Waals surface area contributed by atoms with Gasteiger partial charge >= 0.3 is 19.8 Å². The zero-order valence-corrected chi connectivity index (χ0v) is 31.9. The zero-order valence-electron chi connectivity index (χ0n) is 31.0. The number of rotatable bonds is 37. The van der Waals surface area contributed by atoms with Crippen LogP contribution in [-0.2, 0) is 32.7 Å². The van der Waals surface area contributed by atoms with E-state index in [2.05, 4.69) is 26.0 Å². The van der Waals surface area contributed by atoms with Crippen LogP contribution in [0.3, 0.4) is 0 Å². The van der Waals surface area contributed by atoms with E-state index in [1.54, 1.807) is 0 Å². The topological polar surface area (TPSA) is 134 Å². The first kappa shape index (κ1) is 46.8. The molecular weight excluding hydrogens is 629 g/mol. The Labute approximate surface area is 294 Å². The predicted molar refractivity (Wildman–Crippen MR) is 197 cm³/mol. The van der Waals surface area contributed by atoms with Crippen LogP contribution >= 0.6 is 7.82 Å². The maximum Gasteiger partial charge on any atom is 0.472 e. The molecule has 1 unspecified atom stereocenters. The SMILES string of the molecule is CCCC/C=C\CCCCCCCC(=O)OC[C@H](COP(=O)(O)OCCN)OC(=O)CCCCCCCCCCCCCCCCCC. The van der Waals surface area contributed by atoms with Gasteiger partial charge in [-0.1, -0.05) is 154 Å². The van der Waals surface area contributed by atoms with E-state index in [4.69, 9.17) is 24.3 Å². The fraction of sp³-hybridized carbons (Fsp3) is 0.895. The molecule has 48 heavy (non-hydrogen) atoms. The van der Waals surface area contributed by atoms with Gasteiger partial charge in [0.1, 0.15) is 6.61 Å². The molecule has 0 rings (SSSR count). The van der Waals surface area contributed by atoms with Gasteiger partial charge in [0.05, 0.1) is 13.2 Å². The Morgan fingerprint density at radius 1 is 0.604 bits per heavy atom. The highest BCUT2D eigenvalue weighted by Crippen LogP contribution is 2.43. The number of unbranched alkanes of at least 4 members (excludes halogenated alkanes) is 22. The number of phosphoric ester groups is 1. The van der Waals surface area contributed by atoms with E-state index >= 15 is 0 Å². The third-order valence-corrected chi connectivity index (χ3v) is 9.39. The van der Waals surface area contributed by atoms with Gasteiger partial charge in [-0.15, -0.1) is 0 Å². The van der Waals surface area contributed by atoms with Crippen LogP contribution in [0.25, 0.3) is 0 Å². The molecule has 0 saturated heterocycles. The number of carbonyl (C=O) groups excluding carboxylic acids is 2. The molecule has 0 spiro atoms. The number of phosphoric acid groups is 1. The highest BCUT2D eigenvalue weighted by atomic mass is 31.2. The number of hydrogen-bond donors (Lipinski definition) is 2. The lowest BCUT2D eigenvalue weighted by Gasteiger charge is -2.19. The summed E-state index contributed by atoms with van der Waals surface area (Å²) in [6.07, 6.45) is 33.8. The largest absolute Gasteiger partial charge is 0.472 e. The highest BCUT2D eigenvalue weighted by Gasteiger charge is 2.25. The molecule has 284 valence electrons. The van der Waals surface area contributed by atoms with Gasteiger partial charge in [-0.3, -0.25) is 18.6 Å². The summed E-state index contributed by atoms with van der Waals surface area (Å²) in [6, 6.07) is 0. The summed E-state index contributed by atoms with van der Waals surface area (Å²) in [5, 5.41) is 0. The van der Waals surface area contributed by atoms with E-state index < -0.39 is 26.5 Å². The molecule has 0 saturated carbocycles. The van der Waals surface area contributed by atoms with E-state index in [1.165, 1.54) is 96.3 Å². The summed E-state index contributed by atoms with van der Waals surface area (Å²) in [7, 11) is -4.37. The van der Waals surface area contributed by atoms with Crippen molar-refractivity contribution in [1.29, 1.82) is 0 Å². The van der Waals surface area contributed by atoms with E-state index in [-0.39, 0.29) is 38.6 Å². The van der Waals surface area contributed by atoms with Crippen LogP contribution in [0.2, 0.25) is 0 Å². The number of ether oxygens (including phenoxy) is 2. The number of allylic oxidation sites excluding steroid dienone is 2. The average Bonchev–Trinajstić information content (AvgIpc) is 3.07. The van der Waals surface area contributed by atoms with Crippen molar-refractivity contribution in [2.75, 3.05) is 26.4 Å². The second-order valence-corrected chi connectivity index (χ2v) is 14.6. The van der Waals surface area contributed by atoms with E-state index in [9.17, 15) is 19.0 Å². The normalized spacial score (nSPS) is 13.5. The van der Waals surface area contributed by atoms with Gasteiger partial charge in [-0.25, -0.2) is 4.57 Å². The monoisotopic (exact) mass is 704 g/mol. The number of carbonyl (C=O) groups is 2. The minimum atomic E-state index is -4.37. The lowest BCUT2D eigenvalue weighted by Crippen LogP contribution is -2.29. The third-order valence-electron chi connectivity index (χ3n) is 8.40. The number of esters is 2. The van der Waals surface area contributed by atoms with Crippen LogP contribution in [0.5, 0.6) is 0 Å². The molecule has 0 bridgehead atoms. The molecule has 0 heterocycles. The van der Waals surface area contributed by atoms with E-state index in [0.717, 1.165) is 57.8 Å². The van der Waals surface area contributed by atoms with Gasteiger partial charge in [-0.05, 0) is 32.1 Å². The Morgan fingerprint density at radius 3 is 1.54 bits per heavy atom. The molecule has 2 atom stereocenters. The fourth-order valence-electron chi connectivity index (χ4n) is 5.44. The Kier molecular flexibility index (Phi) is 34.6. The van der Waals surface area contributed by atoms with Gasteiger partial charge in [-0.2, -0.15) is 0 Å². The van der Waals surface area contributed by atoms with Crippen LogP contribution in [-0.4, -0.2) is 49.3 Å². The van der Waals surface area contributed by atoms with Crippen molar-refractivity contribution in [1.82, 2.24) is 0 Å². The smallest absolute Gasteiger partial charge is 0.462 e. The van der Waals surface area contributed by atoms with Gasteiger partial charge in [0, 0.05) is 19.4 Å². The highest BCUT2D eigenvalue weighted by molar-refractivity contribution is 7.47. The Morgan fingerprint density at radius 2 is 1.04 bits per heavy atom. The molecule has 0 aliphatic heterocycles. The first-order valence-corrected chi connectivity index (χ1v) is 21.2. The van der Waals surface area contributed by atoms with Crippen LogP contribution in [0, 0.1) is 0 Å². The number of nitrogens with two attached hydrogens (primary N) is 1. The quantitative estimate of drug-likeness (QED) is 0.0280. The van der Waals surface area contributed by atoms with Gasteiger partial charge in [0.15, 0.2) is 6.10 Å². The minimum Gasteiger partial charge on any atom is -0.462 e. The molecule has 0 amide bonds. The Balaban J connectivity index is 4.17. The second-order valence-electron chi connectivity index (χ2n) is 13.2. The second kappa shape index (κ2) is 35.6. The van der Waals surface area contributed by atoms with Crippen molar-refractivity contribution < 1.29 is 37.6 Å². The summed E-state index contributed by atoms with van der Waals surface area (Å²) >= 11 is 0. The van der Waals surface area contributed by atoms with Crippen molar-refractivity contribution in [3.05, 3.63) is 12.2 Å². The minimum absolute atomic E-state index is 0.0549. The Bertz CT molecular complexity index is 810. The summed E-state index contributed by atoms with van der Waals surface area (Å²) in [4.78, 5) is 34.7. The van der Waals surface area contributed by atoms with Crippen molar-refractivity contribution >= 4 is 19.8 Å². The summed E-state index contributed by atoms with van der Waals surface area (Å²) in [5.74, 6) is -0.833. The molecule has 0 radical (unpaired) electrons. The lowest BCUT2D eigenvalue weighted by atomic mass is 10.0. The maximum absolute atomic E-state index is 12.5. The first-order chi connectivity index (χ1) is 23.3. The first-order valence-electron chi connectivity index (χ1n) is 19.7. The van der Waals surface area contributed by atoms with Crippen LogP contribution in [0.15, 0.2) is 12.2 Å². The molecule has 3 N–H and O–H groups in total. The molecule has 0 aliphatic carbocycles. The van der Waals surface area contributed by atoms with Gasteiger partial charge < -0.3 is 20.1 Å². The summed E-state index contributed by atoms with van der Waals surface area (Å²) in [6.45, 7) is 3.69. The van der Waals surface area contributed by atoms with Gasteiger partial charge in [0.2, 0.25) is 0 Å². The molecule has 9 nitrogen and oxygen atoms in total. The molecule has 0 aromatic heterocycles.